The van der Waals surface area contributed by atoms with Crippen LogP contribution in [0.5, 0.6) is 17.2 Å². The van der Waals surface area contributed by atoms with Crippen LogP contribution >= 0.6 is 11.3 Å². The molecule has 1 aliphatic rings. The summed E-state index contributed by atoms with van der Waals surface area (Å²) < 4.78 is 25.6. The number of carbonyl (C=O) groups excluding carboxylic acids is 1. The van der Waals surface area contributed by atoms with Gasteiger partial charge in [-0.2, -0.15) is 0 Å². The Morgan fingerprint density at radius 1 is 0.956 bits per heavy atom. The van der Waals surface area contributed by atoms with E-state index in [2.05, 4.69) is 12.1 Å². The van der Waals surface area contributed by atoms with Crippen molar-refractivity contribution in [2.24, 2.45) is 4.99 Å². The van der Waals surface area contributed by atoms with Crippen LogP contribution in [-0.2, 0) is 16.1 Å². The number of aromatic nitrogens is 1. The van der Waals surface area contributed by atoms with Crippen LogP contribution in [-0.4, -0.2) is 29.9 Å². The quantitative estimate of drug-likeness (QED) is 0.194. The average molecular weight is 627 g/mol. The van der Waals surface area contributed by atoms with Gasteiger partial charge in [0, 0.05) is 5.56 Å². The first-order valence-corrected chi connectivity index (χ1v) is 15.9. The molecule has 5 rings (SSSR count). The molecule has 0 radical (unpaired) electrons. The highest BCUT2D eigenvalue weighted by Crippen LogP contribution is 2.36. The van der Waals surface area contributed by atoms with E-state index in [-0.39, 0.29) is 18.3 Å². The largest absolute Gasteiger partial charge is 0.491 e. The molecule has 3 aromatic carbocycles. The second-order valence-electron chi connectivity index (χ2n) is 10.9. The summed E-state index contributed by atoms with van der Waals surface area (Å²) in [4.78, 5) is 32.6. The van der Waals surface area contributed by atoms with E-state index < -0.39 is 12.0 Å². The fourth-order valence-corrected chi connectivity index (χ4v) is 6.20. The lowest BCUT2D eigenvalue weighted by molar-refractivity contribution is -0.139. The summed E-state index contributed by atoms with van der Waals surface area (Å²) in [5.74, 6) is 1.28. The molecule has 2 heterocycles. The number of esters is 1. The Kier molecular flexibility index (Phi) is 9.88. The number of hydrogen-bond acceptors (Lipinski definition) is 8. The van der Waals surface area contributed by atoms with Gasteiger partial charge in [0.25, 0.3) is 5.56 Å². The van der Waals surface area contributed by atoms with Gasteiger partial charge in [-0.15, -0.1) is 0 Å². The molecule has 0 fully saturated rings. The average Bonchev–Trinajstić information content (AvgIpc) is 3.31. The number of allylic oxidation sites excluding steroid dienone is 1. The minimum atomic E-state index is -0.770. The van der Waals surface area contributed by atoms with Gasteiger partial charge in [0.2, 0.25) is 0 Å². The fraction of sp³-hybridized carbons (Fsp3) is 0.306. The van der Waals surface area contributed by atoms with Crippen molar-refractivity contribution < 1.29 is 23.7 Å². The standard InChI is InChI=1S/C36H38N2O6S/c1-7-41-30-19-26(17-18-29(30)43-21-25-15-13-23(5)14-16-25)20-31-34(39)38-33(27-11-9-10-12-28(27)44-22(3)4)32(35(40)42-8-2)24(6)37-36(38)45-31/h9-20,22,33H,7-8,21H2,1-6H3/b31-20+/t33-/m0/s1. The van der Waals surface area contributed by atoms with Crippen molar-refractivity contribution in [3.8, 4) is 17.2 Å². The second-order valence-corrected chi connectivity index (χ2v) is 11.9. The normalized spacial score (nSPS) is 14.6. The molecule has 0 unspecified atom stereocenters. The molecule has 234 valence electrons. The van der Waals surface area contributed by atoms with Crippen molar-refractivity contribution in [1.82, 2.24) is 4.57 Å². The Bertz CT molecular complexity index is 1900. The van der Waals surface area contributed by atoms with Gasteiger partial charge in [0.05, 0.1) is 35.1 Å². The third-order valence-electron chi connectivity index (χ3n) is 7.17. The summed E-state index contributed by atoms with van der Waals surface area (Å²) in [5, 5.41) is 0. The second kappa shape index (κ2) is 14.0. The molecule has 0 bridgehead atoms. The van der Waals surface area contributed by atoms with E-state index in [1.165, 1.54) is 16.9 Å². The van der Waals surface area contributed by atoms with E-state index in [1.807, 2.05) is 88.4 Å². The number of hydrogen-bond donors (Lipinski definition) is 0. The minimum absolute atomic E-state index is 0.110. The highest BCUT2D eigenvalue weighted by atomic mass is 32.1. The molecule has 1 aliphatic heterocycles. The number of thiazole rings is 1. The Morgan fingerprint density at radius 2 is 1.71 bits per heavy atom. The van der Waals surface area contributed by atoms with Crippen molar-refractivity contribution in [2.45, 2.75) is 60.3 Å². The molecule has 0 spiro atoms. The van der Waals surface area contributed by atoms with Crippen LogP contribution in [0.4, 0.5) is 0 Å². The Morgan fingerprint density at radius 3 is 2.42 bits per heavy atom. The van der Waals surface area contributed by atoms with Crippen molar-refractivity contribution >= 4 is 23.4 Å². The van der Waals surface area contributed by atoms with Crippen molar-refractivity contribution in [3.63, 3.8) is 0 Å². The van der Waals surface area contributed by atoms with Crippen LogP contribution in [0.15, 0.2) is 87.8 Å². The molecule has 0 N–H and O–H groups in total. The summed E-state index contributed by atoms with van der Waals surface area (Å²) in [7, 11) is 0. The van der Waals surface area contributed by atoms with E-state index >= 15 is 0 Å². The minimum Gasteiger partial charge on any atom is -0.491 e. The molecule has 4 aromatic rings. The van der Waals surface area contributed by atoms with Crippen molar-refractivity contribution in [3.05, 3.63) is 120 Å². The maximum Gasteiger partial charge on any atom is 0.338 e. The zero-order valence-electron chi connectivity index (χ0n) is 26.5. The van der Waals surface area contributed by atoms with Gasteiger partial charge in [-0.25, -0.2) is 9.79 Å². The lowest BCUT2D eigenvalue weighted by atomic mass is 9.95. The number of rotatable bonds is 11. The highest BCUT2D eigenvalue weighted by Gasteiger charge is 2.35. The lowest BCUT2D eigenvalue weighted by Crippen LogP contribution is -2.40. The number of fused-ring (bicyclic) bond motifs is 1. The summed E-state index contributed by atoms with van der Waals surface area (Å²) in [6.45, 7) is 12.4. The molecule has 9 heteroatoms. The zero-order valence-corrected chi connectivity index (χ0v) is 27.3. The van der Waals surface area contributed by atoms with Crippen molar-refractivity contribution in [1.29, 1.82) is 0 Å². The fourth-order valence-electron chi connectivity index (χ4n) is 5.15. The number of para-hydroxylation sites is 1. The Balaban J connectivity index is 1.58. The molecule has 0 amide bonds. The zero-order chi connectivity index (χ0) is 32.1. The third-order valence-corrected chi connectivity index (χ3v) is 8.16. The molecular formula is C36H38N2O6S. The summed E-state index contributed by atoms with van der Waals surface area (Å²) in [6, 6.07) is 20.5. The first kappa shape index (κ1) is 31.8. The maximum absolute atomic E-state index is 14.1. The molecule has 1 aromatic heterocycles. The monoisotopic (exact) mass is 626 g/mol. The first-order valence-electron chi connectivity index (χ1n) is 15.1. The maximum atomic E-state index is 14.1. The predicted octanol–water partition coefficient (Wildman–Crippen LogP) is 5.87. The number of carbonyl (C=O) groups is 1. The predicted molar refractivity (Wildman–Crippen MR) is 176 cm³/mol. The van der Waals surface area contributed by atoms with E-state index in [4.69, 9.17) is 23.9 Å². The number of aryl methyl sites for hydroxylation is 1. The van der Waals surface area contributed by atoms with E-state index in [9.17, 15) is 9.59 Å². The summed E-state index contributed by atoms with van der Waals surface area (Å²) in [5.41, 5.74) is 4.24. The third kappa shape index (κ3) is 7.04. The molecular weight excluding hydrogens is 588 g/mol. The van der Waals surface area contributed by atoms with Crippen LogP contribution in [0.2, 0.25) is 0 Å². The van der Waals surface area contributed by atoms with Crippen LogP contribution in [0.3, 0.4) is 0 Å². The van der Waals surface area contributed by atoms with Crippen molar-refractivity contribution in [2.75, 3.05) is 13.2 Å². The van der Waals surface area contributed by atoms with E-state index in [0.29, 0.717) is 56.6 Å². The number of nitrogens with zero attached hydrogens (tertiary/aromatic N) is 2. The van der Waals surface area contributed by atoms with Gasteiger partial charge in [-0.3, -0.25) is 9.36 Å². The molecule has 8 nitrogen and oxygen atoms in total. The first-order chi connectivity index (χ1) is 21.7. The van der Waals surface area contributed by atoms with Crippen LogP contribution in [0.25, 0.3) is 6.08 Å². The van der Waals surface area contributed by atoms with Gasteiger partial charge >= 0.3 is 5.97 Å². The van der Waals surface area contributed by atoms with Gasteiger partial charge < -0.3 is 18.9 Å². The molecule has 45 heavy (non-hydrogen) atoms. The van der Waals surface area contributed by atoms with E-state index in [1.54, 1.807) is 18.4 Å². The highest BCUT2D eigenvalue weighted by molar-refractivity contribution is 7.07. The Hall–Kier alpha value is -4.63. The van der Waals surface area contributed by atoms with Gasteiger partial charge in [-0.05, 0) is 76.9 Å². The molecule has 0 saturated carbocycles. The van der Waals surface area contributed by atoms with Crippen LogP contribution in [0, 0.1) is 6.92 Å². The SMILES string of the molecule is CCOC(=O)C1=C(C)N=c2s/c(=C/c3ccc(OCc4ccc(C)cc4)c(OCC)c3)c(=O)n2[C@H]1c1ccccc1OC(C)C. The molecule has 0 aliphatic carbocycles. The Labute approximate surface area is 266 Å². The van der Waals surface area contributed by atoms with Gasteiger partial charge in [0.1, 0.15) is 18.4 Å². The number of ether oxygens (including phenoxy) is 4. The summed E-state index contributed by atoms with van der Waals surface area (Å²) in [6.07, 6.45) is 1.70. The number of benzene rings is 3. The lowest BCUT2D eigenvalue weighted by Gasteiger charge is -2.26. The van der Waals surface area contributed by atoms with Gasteiger partial charge in [0.15, 0.2) is 16.3 Å². The van der Waals surface area contributed by atoms with Crippen LogP contribution < -0.4 is 29.1 Å². The van der Waals surface area contributed by atoms with Gasteiger partial charge in [-0.1, -0.05) is 65.4 Å². The molecule has 1 atom stereocenters. The van der Waals surface area contributed by atoms with E-state index in [0.717, 1.165) is 11.1 Å². The molecule has 0 saturated heterocycles. The van der Waals surface area contributed by atoms with Crippen LogP contribution in [0.1, 0.15) is 62.9 Å². The summed E-state index contributed by atoms with van der Waals surface area (Å²) >= 11 is 1.27. The topological polar surface area (TPSA) is 88.4 Å². The smallest absolute Gasteiger partial charge is 0.338 e.